The lowest BCUT2D eigenvalue weighted by molar-refractivity contribution is -0.147. The van der Waals surface area contributed by atoms with Gasteiger partial charge in [0.15, 0.2) is 0 Å². The molecule has 0 amide bonds. The first kappa shape index (κ1) is 14.9. The number of hydrogen-bond acceptors (Lipinski definition) is 4. The number of benzene rings is 1. The van der Waals surface area contributed by atoms with Gasteiger partial charge in [-0.15, -0.1) is 0 Å². The first-order valence-corrected chi connectivity index (χ1v) is 7.17. The van der Waals surface area contributed by atoms with Crippen LogP contribution in [0, 0.1) is 5.92 Å². The Morgan fingerprint density at radius 2 is 1.80 bits per heavy atom. The van der Waals surface area contributed by atoms with E-state index in [4.69, 9.17) is 14.2 Å². The van der Waals surface area contributed by atoms with Gasteiger partial charge in [0.2, 0.25) is 0 Å². The number of methoxy groups -OCH3 is 1. The monoisotopic (exact) mass is 278 g/mol. The van der Waals surface area contributed by atoms with Crippen molar-refractivity contribution in [3.8, 4) is 5.75 Å². The van der Waals surface area contributed by atoms with Gasteiger partial charge in [-0.3, -0.25) is 4.79 Å². The molecule has 1 aromatic carbocycles. The molecule has 20 heavy (non-hydrogen) atoms. The van der Waals surface area contributed by atoms with Crippen LogP contribution in [0.25, 0.3) is 0 Å². The topological polar surface area (TPSA) is 44.8 Å². The number of esters is 1. The van der Waals surface area contributed by atoms with Gasteiger partial charge in [0.05, 0.1) is 25.7 Å². The minimum Gasteiger partial charge on any atom is -0.491 e. The zero-order valence-corrected chi connectivity index (χ0v) is 11.9. The molecule has 0 bridgehead atoms. The molecule has 4 heteroatoms. The molecule has 0 spiro atoms. The zero-order valence-electron chi connectivity index (χ0n) is 11.9. The number of carbonyl (C=O) groups is 1. The van der Waals surface area contributed by atoms with E-state index in [-0.39, 0.29) is 18.0 Å². The van der Waals surface area contributed by atoms with Crippen molar-refractivity contribution in [3.63, 3.8) is 0 Å². The summed E-state index contributed by atoms with van der Waals surface area (Å²) in [7, 11) is 1.45. The molecule has 1 aliphatic carbocycles. The van der Waals surface area contributed by atoms with Gasteiger partial charge in [0.25, 0.3) is 0 Å². The first-order chi connectivity index (χ1) is 9.79. The Morgan fingerprint density at radius 3 is 2.45 bits per heavy atom. The number of para-hydroxylation sites is 1. The molecule has 1 saturated carbocycles. The van der Waals surface area contributed by atoms with E-state index in [1.165, 1.54) is 7.11 Å². The summed E-state index contributed by atoms with van der Waals surface area (Å²) >= 11 is 0. The van der Waals surface area contributed by atoms with E-state index in [0.717, 1.165) is 31.4 Å². The fraction of sp³-hybridized carbons (Fsp3) is 0.562. The highest BCUT2D eigenvalue weighted by molar-refractivity contribution is 5.72. The summed E-state index contributed by atoms with van der Waals surface area (Å²) in [5.41, 5.74) is 0. The van der Waals surface area contributed by atoms with E-state index in [1.807, 2.05) is 30.3 Å². The van der Waals surface area contributed by atoms with Crippen molar-refractivity contribution < 1.29 is 19.0 Å². The minimum absolute atomic E-state index is 0.0559. The van der Waals surface area contributed by atoms with Crippen molar-refractivity contribution in [1.29, 1.82) is 0 Å². The molecule has 0 aromatic heterocycles. The molecule has 4 nitrogen and oxygen atoms in total. The molecule has 110 valence electrons. The highest BCUT2D eigenvalue weighted by Crippen LogP contribution is 2.27. The molecular weight excluding hydrogens is 256 g/mol. The number of ether oxygens (including phenoxy) is 3. The number of hydrogen-bond donors (Lipinski definition) is 0. The van der Waals surface area contributed by atoms with Gasteiger partial charge in [-0.25, -0.2) is 0 Å². The van der Waals surface area contributed by atoms with Gasteiger partial charge in [-0.05, 0) is 37.8 Å². The largest absolute Gasteiger partial charge is 0.491 e. The maximum absolute atomic E-state index is 11.4. The number of carbonyl (C=O) groups excluding carboxylic acids is 1. The second-order valence-corrected chi connectivity index (χ2v) is 5.03. The normalized spacial score (nSPS) is 22.2. The Balaban J connectivity index is 1.58. The highest BCUT2D eigenvalue weighted by Gasteiger charge is 2.27. The van der Waals surface area contributed by atoms with Crippen LogP contribution in [0.5, 0.6) is 5.75 Å². The minimum atomic E-state index is -0.0872. The molecule has 0 atom stereocenters. The van der Waals surface area contributed by atoms with Gasteiger partial charge in [-0.2, -0.15) is 0 Å². The summed E-state index contributed by atoms with van der Waals surface area (Å²) in [5, 5.41) is 0. The standard InChI is InChI=1S/C16H22O4/c1-18-16(17)13-7-9-15(10-8-13)20-12-11-19-14-5-3-2-4-6-14/h2-6,13,15H,7-12H2,1H3. The van der Waals surface area contributed by atoms with Crippen molar-refractivity contribution in [2.45, 2.75) is 31.8 Å². The first-order valence-electron chi connectivity index (χ1n) is 7.17. The third-order valence-electron chi connectivity index (χ3n) is 3.66. The SMILES string of the molecule is COC(=O)C1CCC(OCCOc2ccccc2)CC1. The Morgan fingerprint density at radius 1 is 1.10 bits per heavy atom. The van der Waals surface area contributed by atoms with E-state index < -0.39 is 0 Å². The van der Waals surface area contributed by atoms with Crippen LogP contribution >= 0.6 is 0 Å². The second kappa shape index (κ2) is 7.90. The molecule has 0 radical (unpaired) electrons. The van der Waals surface area contributed by atoms with E-state index >= 15 is 0 Å². The lowest BCUT2D eigenvalue weighted by atomic mass is 9.87. The van der Waals surface area contributed by atoms with Crippen LogP contribution in [-0.2, 0) is 14.3 Å². The lowest BCUT2D eigenvalue weighted by Gasteiger charge is -2.26. The molecular formula is C16H22O4. The summed E-state index contributed by atoms with van der Waals surface area (Å²) in [4.78, 5) is 11.4. The smallest absolute Gasteiger partial charge is 0.308 e. The summed E-state index contributed by atoms with van der Waals surface area (Å²) in [6.45, 7) is 1.14. The highest BCUT2D eigenvalue weighted by atomic mass is 16.5. The van der Waals surface area contributed by atoms with Crippen molar-refractivity contribution >= 4 is 5.97 Å². The fourth-order valence-corrected chi connectivity index (χ4v) is 2.52. The maximum Gasteiger partial charge on any atom is 0.308 e. The fourth-order valence-electron chi connectivity index (χ4n) is 2.52. The molecule has 0 aliphatic heterocycles. The molecule has 0 saturated heterocycles. The van der Waals surface area contributed by atoms with Crippen LogP contribution in [0.4, 0.5) is 0 Å². The van der Waals surface area contributed by atoms with Crippen LogP contribution in [-0.4, -0.2) is 32.4 Å². The van der Waals surface area contributed by atoms with E-state index in [0.29, 0.717) is 13.2 Å². The third kappa shape index (κ3) is 4.53. The number of rotatable bonds is 6. The van der Waals surface area contributed by atoms with Crippen LogP contribution in [0.15, 0.2) is 30.3 Å². The van der Waals surface area contributed by atoms with Gasteiger partial charge < -0.3 is 14.2 Å². The average Bonchev–Trinajstić information content (AvgIpc) is 2.52. The van der Waals surface area contributed by atoms with Crippen LogP contribution in [0.2, 0.25) is 0 Å². The molecule has 2 rings (SSSR count). The van der Waals surface area contributed by atoms with Crippen molar-refractivity contribution in [3.05, 3.63) is 30.3 Å². The molecule has 1 aliphatic rings. The molecule has 0 N–H and O–H groups in total. The summed E-state index contributed by atoms with van der Waals surface area (Å²) in [6.07, 6.45) is 3.81. The predicted octanol–water partition coefficient (Wildman–Crippen LogP) is 2.81. The Kier molecular flexibility index (Phi) is 5.87. The maximum atomic E-state index is 11.4. The van der Waals surface area contributed by atoms with Crippen molar-refractivity contribution in [2.75, 3.05) is 20.3 Å². The molecule has 0 heterocycles. The Labute approximate surface area is 120 Å². The van der Waals surface area contributed by atoms with Crippen molar-refractivity contribution in [2.24, 2.45) is 5.92 Å². The summed E-state index contributed by atoms with van der Waals surface area (Å²) in [5.74, 6) is 0.835. The molecule has 1 fully saturated rings. The van der Waals surface area contributed by atoms with Crippen LogP contribution in [0.1, 0.15) is 25.7 Å². The van der Waals surface area contributed by atoms with Gasteiger partial charge in [0.1, 0.15) is 12.4 Å². The quantitative estimate of drug-likeness (QED) is 0.593. The predicted molar refractivity (Wildman–Crippen MR) is 75.7 cm³/mol. The average molecular weight is 278 g/mol. The summed E-state index contributed by atoms with van der Waals surface area (Å²) < 4.78 is 16.1. The van der Waals surface area contributed by atoms with E-state index in [1.54, 1.807) is 0 Å². The van der Waals surface area contributed by atoms with E-state index in [2.05, 4.69) is 0 Å². The lowest BCUT2D eigenvalue weighted by Crippen LogP contribution is -2.28. The summed E-state index contributed by atoms with van der Waals surface area (Å²) in [6, 6.07) is 9.72. The molecule has 1 aromatic rings. The van der Waals surface area contributed by atoms with Crippen molar-refractivity contribution in [1.82, 2.24) is 0 Å². The Hall–Kier alpha value is -1.55. The van der Waals surface area contributed by atoms with Crippen LogP contribution < -0.4 is 4.74 Å². The second-order valence-electron chi connectivity index (χ2n) is 5.03. The van der Waals surface area contributed by atoms with Gasteiger partial charge >= 0.3 is 5.97 Å². The molecule has 0 unspecified atom stereocenters. The zero-order chi connectivity index (χ0) is 14.2. The van der Waals surface area contributed by atoms with Gasteiger partial charge in [-0.1, -0.05) is 18.2 Å². The Bertz CT molecular complexity index is 396. The third-order valence-corrected chi connectivity index (χ3v) is 3.66. The van der Waals surface area contributed by atoms with E-state index in [9.17, 15) is 4.79 Å². The van der Waals surface area contributed by atoms with Gasteiger partial charge in [0, 0.05) is 0 Å². The van der Waals surface area contributed by atoms with Crippen LogP contribution in [0.3, 0.4) is 0 Å².